The number of rotatable bonds is 5. The minimum absolute atomic E-state index is 0.0379. The Bertz CT molecular complexity index is 815. The SMILES string of the molecule is C[C@@H](Oc1ccc(Cl)cc1)C(=O)Nc1ccccc1C(=O)N1CCCCCC1. The highest BCUT2D eigenvalue weighted by Gasteiger charge is 2.22. The molecule has 5 nitrogen and oxygen atoms in total. The molecule has 0 saturated carbocycles. The second kappa shape index (κ2) is 9.60. The maximum absolute atomic E-state index is 13.0. The van der Waals surface area contributed by atoms with E-state index in [1.54, 1.807) is 49.4 Å². The number of hydrogen-bond donors (Lipinski definition) is 1. The first-order valence-electron chi connectivity index (χ1n) is 9.66. The van der Waals surface area contributed by atoms with Gasteiger partial charge in [0, 0.05) is 18.1 Å². The van der Waals surface area contributed by atoms with Crippen molar-refractivity contribution in [2.45, 2.75) is 38.7 Å². The summed E-state index contributed by atoms with van der Waals surface area (Å²) in [4.78, 5) is 27.5. The smallest absolute Gasteiger partial charge is 0.265 e. The zero-order valence-electron chi connectivity index (χ0n) is 16.0. The number of benzene rings is 2. The van der Waals surface area contributed by atoms with Crippen LogP contribution in [0, 0.1) is 0 Å². The first kappa shape index (κ1) is 20.2. The standard InChI is InChI=1S/C22H25ClN2O3/c1-16(28-18-12-10-17(23)11-13-18)21(26)24-20-9-5-4-8-19(20)22(27)25-14-6-2-3-7-15-25/h4-5,8-13,16H,2-3,6-7,14-15H2,1H3,(H,24,26)/t16-/m1/s1. The zero-order chi connectivity index (χ0) is 19.9. The molecular formula is C22H25ClN2O3. The van der Waals surface area contributed by atoms with Crippen molar-refractivity contribution in [1.82, 2.24) is 4.90 Å². The largest absolute Gasteiger partial charge is 0.481 e. The maximum atomic E-state index is 13.0. The van der Waals surface area contributed by atoms with Gasteiger partial charge in [-0.2, -0.15) is 0 Å². The number of nitrogens with zero attached hydrogens (tertiary/aromatic N) is 1. The third-order valence-corrected chi connectivity index (χ3v) is 5.06. The van der Waals surface area contributed by atoms with Crippen LogP contribution in [0.25, 0.3) is 0 Å². The summed E-state index contributed by atoms with van der Waals surface area (Å²) in [5, 5.41) is 3.44. The molecule has 1 aliphatic rings. The second-order valence-corrected chi connectivity index (χ2v) is 7.39. The second-order valence-electron chi connectivity index (χ2n) is 6.96. The number of hydrogen-bond acceptors (Lipinski definition) is 3. The molecule has 1 atom stereocenters. The van der Waals surface area contributed by atoms with Gasteiger partial charge in [0.05, 0.1) is 11.3 Å². The highest BCUT2D eigenvalue weighted by Crippen LogP contribution is 2.21. The fraction of sp³-hybridized carbons (Fsp3) is 0.364. The Morgan fingerprint density at radius 1 is 1.00 bits per heavy atom. The quantitative estimate of drug-likeness (QED) is 0.786. The van der Waals surface area contributed by atoms with E-state index in [2.05, 4.69) is 5.32 Å². The van der Waals surface area contributed by atoms with Crippen LogP contribution in [0.15, 0.2) is 48.5 Å². The van der Waals surface area contributed by atoms with E-state index >= 15 is 0 Å². The van der Waals surface area contributed by atoms with Gasteiger partial charge in [0.25, 0.3) is 11.8 Å². The molecule has 28 heavy (non-hydrogen) atoms. The molecule has 0 aromatic heterocycles. The Morgan fingerprint density at radius 2 is 1.64 bits per heavy atom. The minimum Gasteiger partial charge on any atom is -0.481 e. The van der Waals surface area contributed by atoms with Crippen molar-refractivity contribution in [3.63, 3.8) is 0 Å². The Morgan fingerprint density at radius 3 is 2.32 bits per heavy atom. The van der Waals surface area contributed by atoms with E-state index < -0.39 is 6.10 Å². The number of ether oxygens (including phenoxy) is 1. The molecule has 2 aromatic rings. The lowest BCUT2D eigenvalue weighted by Crippen LogP contribution is -2.34. The molecule has 1 N–H and O–H groups in total. The lowest BCUT2D eigenvalue weighted by Gasteiger charge is -2.22. The number of carbonyl (C=O) groups excluding carboxylic acids is 2. The van der Waals surface area contributed by atoms with E-state index in [4.69, 9.17) is 16.3 Å². The molecular weight excluding hydrogens is 376 g/mol. The van der Waals surface area contributed by atoms with Crippen molar-refractivity contribution in [2.24, 2.45) is 0 Å². The fourth-order valence-electron chi connectivity index (χ4n) is 3.23. The van der Waals surface area contributed by atoms with Crippen molar-refractivity contribution < 1.29 is 14.3 Å². The highest BCUT2D eigenvalue weighted by molar-refractivity contribution is 6.30. The Kier molecular flexibility index (Phi) is 6.93. The predicted octanol–water partition coefficient (Wildman–Crippen LogP) is 4.76. The van der Waals surface area contributed by atoms with E-state index in [1.165, 1.54) is 0 Å². The van der Waals surface area contributed by atoms with E-state index in [0.29, 0.717) is 22.0 Å². The normalized spacial score (nSPS) is 15.4. The lowest BCUT2D eigenvalue weighted by molar-refractivity contribution is -0.122. The third-order valence-electron chi connectivity index (χ3n) is 4.80. The summed E-state index contributed by atoms with van der Waals surface area (Å²) in [7, 11) is 0. The highest BCUT2D eigenvalue weighted by atomic mass is 35.5. The van der Waals surface area contributed by atoms with Gasteiger partial charge in [-0.1, -0.05) is 36.6 Å². The van der Waals surface area contributed by atoms with Crippen molar-refractivity contribution in [1.29, 1.82) is 0 Å². The summed E-state index contributed by atoms with van der Waals surface area (Å²) in [6, 6.07) is 14.0. The predicted molar refractivity (Wildman–Crippen MR) is 111 cm³/mol. The number of nitrogens with one attached hydrogen (secondary N) is 1. The molecule has 1 aliphatic heterocycles. The Hall–Kier alpha value is -2.53. The average molecular weight is 401 g/mol. The van der Waals surface area contributed by atoms with Gasteiger partial charge in [-0.25, -0.2) is 0 Å². The van der Waals surface area contributed by atoms with Gasteiger partial charge in [0.1, 0.15) is 5.75 Å². The van der Waals surface area contributed by atoms with Crippen LogP contribution in [0.5, 0.6) is 5.75 Å². The summed E-state index contributed by atoms with van der Waals surface area (Å²) in [5.41, 5.74) is 1.02. The number of carbonyl (C=O) groups is 2. The summed E-state index contributed by atoms with van der Waals surface area (Å²) in [5.74, 6) is 0.205. The van der Waals surface area contributed by atoms with Crippen LogP contribution in [0.3, 0.4) is 0 Å². The van der Waals surface area contributed by atoms with Gasteiger partial charge in [-0.15, -0.1) is 0 Å². The fourth-order valence-corrected chi connectivity index (χ4v) is 3.35. The van der Waals surface area contributed by atoms with Crippen molar-refractivity contribution in [3.05, 3.63) is 59.1 Å². The molecule has 1 saturated heterocycles. The van der Waals surface area contributed by atoms with Crippen LogP contribution in [0.4, 0.5) is 5.69 Å². The van der Waals surface area contributed by atoms with Gasteiger partial charge in [0.2, 0.25) is 0 Å². The molecule has 0 unspecified atom stereocenters. The van der Waals surface area contributed by atoms with Gasteiger partial charge < -0.3 is 15.0 Å². The van der Waals surface area contributed by atoms with E-state index in [9.17, 15) is 9.59 Å². The minimum atomic E-state index is -0.720. The summed E-state index contributed by atoms with van der Waals surface area (Å²) in [6.07, 6.45) is 3.63. The molecule has 3 rings (SSSR count). The number of para-hydroxylation sites is 1. The molecule has 0 radical (unpaired) electrons. The maximum Gasteiger partial charge on any atom is 0.265 e. The van der Waals surface area contributed by atoms with Gasteiger partial charge in [0.15, 0.2) is 6.10 Å². The first-order chi connectivity index (χ1) is 13.5. The topological polar surface area (TPSA) is 58.6 Å². The molecule has 0 bridgehead atoms. The van der Waals surface area contributed by atoms with Crippen LogP contribution in [0.1, 0.15) is 43.0 Å². The molecule has 2 aromatic carbocycles. The number of anilines is 1. The van der Waals surface area contributed by atoms with Crippen molar-refractivity contribution in [2.75, 3.05) is 18.4 Å². The van der Waals surface area contributed by atoms with Crippen LogP contribution in [-0.2, 0) is 4.79 Å². The van der Waals surface area contributed by atoms with E-state index in [1.807, 2.05) is 11.0 Å². The molecule has 2 amide bonds. The molecule has 1 fully saturated rings. The Labute approximate surface area is 170 Å². The summed E-state index contributed by atoms with van der Waals surface area (Å²) in [6.45, 7) is 3.19. The Balaban J connectivity index is 1.68. The summed E-state index contributed by atoms with van der Waals surface area (Å²) >= 11 is 5.87. The van der Waals surface area contributed by atoms with E-state index in [-0.39, 0.29) is 11.8 Å². The molecule has 6 heteroatoms. The van der Waals surface area contributed by atoms with Crippen LogP contribution < -0.4 is 10.1 Å². The molecule has 0 spiro atoms. The third kappa shape index (κ3) is 5.26. The monoisotopic (exact) mass is 400 g/mol. The summed E-state index contributed by atoms with van der Waals surface area (Å²) < 4.78 is 5.67. The average Bonchev–Trinajstić information content (AvgIpc) is 2.99. The van der Waals surface area contributed by atoms with Crippen molar-refractivity contribution in [3.8, 4) is 5.75 Å². The van der Waals surface area contributed by atoms with E-state index in [0.717, 1.165) is 38.8 Å². The van der Waals surface area contributed by atoms with Gasteiger partial charge >= 0.3 is 0 Å². The molecule has 1 heterocycles. The van der Waals surface area contributed by atoms with Crippen LogP contribution >= 0.6 is 11.6 Å². The first-order valence-corrected chi connectivity index (χ1v) is 10.0. The zero-order valence-corrected chi connectivity index (χ0v) is 16.7. The lowest BCUT2D eigenvalue weighted by atomic mass is 10.1. The number of amides is 2. The van der Waals surface area contributed by atoms with Crippen LogP contribution in [0.2, 0.25) is 5.02 Å². The number of likely N-dealkylation sites (tertiary alicyclic amines) is 1. The van der Waals surface area contributed by atoms with Crippen LogP contribution in [-0.4, -0.2) is 35.9 Å². The van der Waals surface area contributed by atoms with Gasteiger partial charge in [-0.05, 0) is 56.2 Å². The van der Waals surface area contributed by atoms with Crippen molar-refractivity contribution >= 4 is 29.1 Å². The van der Waals surface area contributed by atoms with Gasteiger partial charge in [-0.3, -0.25) is 9.59 Å². The number of halogens is 1. The molecule has 148 valence electrons. The molecule has 0 aliphatic carbocycles.